The van der Waals surface area contributed by atoms with Gasteiger partial charge >= 0.3 is 6.18 Å². The smallest absolute Gasteiger partial charge is 0.416 e. The maximum absolute atomic E-state index is 13.0. The van der Waals surface area contributed by atoms with Gasteiger partial charge in [0.15, 0.2) is 5.06 Å². The highest BCUT2D eigenvalue weighted by atomic mass is 32.1. The number of alkyl halides is 3. The van der Waals surface area contributed by atoms with E-state index in [1.165, 1.54) is 23.5 Å². The van der Waals surface area contributed by atoms with Crippen molar-refractivity contribution >= 4 is 17.2 Å². The normalized spacial score (nSPS) is 17.3. The number of halogens is 3. The predicted molar refractivity (Wildman–Crippen MR) is 115 cm³/mol. The van der Waals surface area contributed by atoms with Crippen LogP contribution < -0.4 is 4.74 Å². The lowest BCUT2D eigenvalue weighted by Crippen LogP contribution is -2.46. The molecule has 0 unspecified atom stereocenters. The molecule has 33 heavy (non-hydrogen) atoms. The standard InChI is InChI=1S/C24H20F3NO4S/c25-24(26,27)18-5-7-19(8-6-18)32-21-11-16-12-28(10-9-20(16)33-21)22(29)15-1-3-17(4-2-15)23(30)13-31-14-23/h1-8,11,30H,9-10,12-14H2. The predicted octanol–water partition coefficient (Wildman–Crippen LogP) is 4.98. The van der Waals surface area contributed by atoms with E-state index in [4.69, 9.17) is 9.47 Å². The molecule has 0 atom stereocenters. The van der Waals surface area contributed by atoms with Gasteiger partial charge in [-0.15, -0.1) is 11.3 Å². The fraction of sp³-hybridized carbons (Fsp3) is 0.292. The first kappa shape index (κ1) is 21.9. The molecule has 3 aromatic rings. The minimum atomic E-state index is -4.39. The van der Waals surface area contributed by atoms with Gasteiger partial charge in [0.2, 0.25) is 0 Å². The molecule has 0 saturated carbocycles. The van der Waals surface area contributed by atoms with Crippen LogP contribution in [-0.4, -0.2) is 35.7 Å². The summed E-state index contributed by atoms with van der Waals surface area (Å²) in [4.78, 5) is 15.8. The van der Waals surface area contributed by atoms with Crippen molar-refractivity contribution < 1.29 is 32.5 Å². The van der Waals surface area contributed by atoms with Gasteiger partial charge < -0.3 is 19.5 Å². The molecule has 5 nitrogen and oxygen atoms in total. The second-order valence-corrected chi connectivity index (χ2v) is 9.32. The lowest BCUT2D eigenvalue weighted by molar-refractivity contribution is -0.184. The molecule has 9 heteroatoms. The van der Waals surface area contributed by atoms with Crippen molar-refractivity contribution in [3.05, 3.63) is 81.7 Å². The number of aliphatic hydroxyl groups is 1. The zero-order valence-corrected chi connectivity index (χ0v) is 18.2. The highest BCUT2D eigenvalue weighted by Gasteiger charge is 2.38. The lowest BCUT2D eigenvalue weighted by Gasteiger charge is -2.36. The highest BCUT2D eigenvalue weighted by molar-refractivity contribution is 7.14. The third-order valence-corrected chi connectivity index (χ3v) is 7.00. The topological polar surface area (TPSA) is 59.0 Å². The van der Waals surface area contributed by atoms with Crippen molar-refractivity contribution in [1.29, 1.82) is 0 Å². The van der Waals surface area contributed by atoms with Crippen LogP contribution in [0.3, 0.4) is 0 Å². The van der Waals surface area contributed by atoms with E-state index in [-0.39, 0.29) is 19.1 Å². The van der Waals surface area contributed by atoms with Crippen molar-refractivity contribution in [1.82, 2.24) is 4.90 Å². The summed E-state index contributed by atoms with van der Waals surface area (Å²) in [6, 6.07) is 13.4. The van der Waals surface area contributed by atoms with E-state index in [9.17, 15) is 23.1 Å². The molecule has 1 N–H and O–H groups in total. The number of carbonyl (C=O) groups excluding carboxylic acids is 1. The number of ether oxygens (including phenoxy) is 2. The molecule has 0 bridgehead atoms. The fourth-order valence-corrected chi connectivity index (χ4v) is 4.96. The van der Waals surface area contributed by atoms with Crippen LogP contribution in [-0.2, 0) is 29.5 Å². The van der Waals surface area contributed by atoms with Gasteiger partial charge in [0.1, 0.15) is 11.4 Å². The summed E-state index contributed by atoms with van der Waals surface area (Å²) >= 11 is 1.44. The Morgan fingerprint density at radius 3 is 2.39 bits per heavy atom. The lowest BCUT2D eigenvalue weighted by atomic mass is 9.91. The average molecular weight is 475 g/mol. The Balaban J connectivity index is 1.25. The third-order valence-electron chi connectivity index (χ3n) is 5.88. The molecule has 1 fully saturated rings. The Morgan fingerprint density at radius 2 is 1.79 bits per heavy atom. The number of thiophene rings is 1. The number of amides is 1. The minimum Gasteiger partial charge on any atom is -0.447 e. The molecule has 2 aliphatic rings. The Bertz CT molecular complexity index is 1170. The molecule has 5 rings (SSSR count). The number of nitrogens with zero attached hydrogens (tertiary/aromatic N) is 1. The summed E-state index contributed by atoms with van der Waals surface area (Å²) in [5.74, 6) is 0.230. The monoisotopic (exact) mass is 475 g/mol. The number of rotatable bonds is 4. The van der Waals surface area contributed by atoms with Gasteiger partial charge in [0, 0.05) is 23.5 Å². The van der Waals surface area contributed by atoms with E-state index in [1.807, 2.05) is 6.07 Å². The summed E-state index contributed by atoms with van der Waals surface area (Å²) in [5.41, 5.74) is 0.551. The first-order chi connectivity index (χ1) is 15.7. The van der Waals surface area contributed by atoms with Gasteiger partial charge in [0.05, 0.1) is 18.8 Å². The summed E-state index contributed by atoms with van der Waals surface area (Å²) < 4.78 is 49.0. The summed E-state index contributed by atoms with van der Waals surface area (Å²) in [7, 11) is 0. The van der Waals surface area contributed by atoms with E-state index in [1.54, 1.807) is 29.2 Å². The minimum absolute atomic E-state index is 0.0968. The molecule has 172 valence electrons. The molecule has 2 aliphatic heterocycles. The van der Waals surface area contributed by atoms with Crippen LogP contribution in [0.1, 0.15) is 31.9 Å². The molecule has 0 radical (unpaired) electrons. The zero-order chi connectivity index (χ0) is 23.2. The molecule has 1 saturated heterocycles. The van der Waals surface area contributed by atoms with Gasteiger partial charge in [-0.05, 0) is 60.0 Å². The second-order valence-electron chi connectivity index (χ2n) is 8.22. The largest absolute Gasteiger partial charge is 0.447 e. The SMILES string of the molecule is O=C(c1ccc(C2(O)COC2)cc1)N1CCc2sc(Oc3ccc(C(F)(F)F)cc3)cc2C1. The molecule has 1 aromatic heterocycles. The van der Waals surface area contributed by atoms with Crippen molar-refractivity contribution in [3.63, 3.8) is 0 Å². The van der Waals surface area contributed by atoms with Crippen LogP contribution >= 0.6 is 11.3 Å². The Morgan fingerprint density at radius 1 is 1.09 bits per heavy atom. The van der Waals surface area contributed by atoms with E-state index >= 15 is 0 Å². The van der Waals surface area contributed by atoms with Crippen molar-refractivity contribution in [2.24, 2.45) is 0 Å². The Kier molecular flexibility index (Phi) is 5.43. The number of carbonyl (C=O) groups is 1. The number of hydrogen-bond donors (Lipinski definition) is 1. The van der Waals surface area contributed by atoms with Crippen LogP contribution in [0.5, 0.6) is 10.8 Å². The molecule has 0 spiro atoms. The quantitative estimate of drug-likeness (QED) is 0.579. The molecule has 0 aliphatic carbocycles. The molecule has 1 amide bonds. The van der Waals surface area contributed by atoms with Gasteiger partial charge in [-0.1, -0.05) is 12.1 Å². The van der Waals surface area contributed by atoms with Gasteiger partial charge in [0.25, 0.3) is 5.91 Å². The summed E-state index contributed by atoms with van der Waals surface area (Å²) in [6.07, 6.45) is -3.71. The molecule has 3 heterocycles. The number of fused-ring (bicyclic) bond motifs is 1. The molecular formula is C24H20F3NO4S. The zero-order valence-electron chi connectivity index (χ0n) is 17.4. The first-order valence-electron chi connectivity index (χ1n) is 10.4. The molecular weight excluding hydrogens is 455 g/mol. The van der Waals surface area contributed by atoms with E-state index in [0.717, 1.165) is 28.1 Å². The van der Waals surface area contributed by atoms with E-state index < -0.39 is 17.3 Å². The van der Waals surface area contributed by atoms with Gasteiger partial charge in [-0.3, -0.25) is 4.79 Å². The first-order valence-corrected chi connectivity index (χ1v) is 11.2. The van der Waals surface area contributed by atoms with Crippen molar-refractivity contribution in [2.75, 3.05) is 19.8 Å². The van der Waals surface area contributed by atoms with Crippen LogP contribution in [0, 0.1) is 0 Å². The average Bonchev–Trinajstić information content (AvgIpc) is 3.18. The highest BCUT2D eigenvalue weighted by Crippen LogP contribution is 2.37. The fourth-order valence-electron chi connectivity index (χ4n) is 3.93. The third kappa shape index (κ3) is 4.36. The van der Waals surface area contributed by atoms with Crippen molar-refractivity contribution in [2.45, 2.75) is 24.7 Å². The van der Waals surface area contributed by atoms with Crippen LogP contribution in [0.2, 0.25) is 0 Å². The van der Waals surface area contributed by atoms with Gasteiger partial charge in [-0.2, -0.15) is 13.2 Å². The summed E-state index contributed by atoms with van der Waals surface area (Å²) in [6.45, 7) is 1.50. The second kappa shape index (κ2) is 8.16. The van der Waals surface area contributed by atoms with Crippen molar-refractivity contribution in [3.8, 4) is 10.8 Å². The maximum Gasteiger partial charge on any atom is 0.416 e. The molecule has 2 aromatic carbocycles. The Labute approximate surface area is 192 Å². The van der Waals surface area contributed by atoms with Crippen LogP contribution in [0.15, 0.2) is 54.6 Å². The van der Waals surface area contributed by atoms with E-state index in [0.29, 0.717) is 35.9 Å². The van der Waals surface area contributed by atoms with Gasteiger partial charge in [-0.25, -0.2) is 0 Å². The summed E-state index contributed by atoms with van der Waals surface area (Å²) in [5, 5.41) is 10.9. The number of benzene rings is 2. The van der Waals surface area contributed by atoms with E-state index in [2.05, 4.69) is 0 Å². The number of hydrogen-bond acceptors (Lipinski definition) is 5. The van der Waals surface area contributed by atoms with Crippen LogP contribution in [0.4, 0.5) is 13.2 Å². The maximum atomic E-state index is 13.0. The van der Waals surface area contributed by atoms with Crippen LogP contribution in [0.25, 0.3) is 0 Å². The Hall–Kier alpha value is -2.88.